The summed E-state index contributed by atoms with van der Waals surface area (Å²) in [5, 5.41) is 7.52. The molecule has 2 N–H and O–H groups in total. The van der Waals surface area contributed by atoms with E-state index in [2.05, 4.69) is 31.4 Å². The van der Waals surface area contributed by atoms with Crippen molar-refractivity contribution < 1.29 is 18.8 Å². The Kier molecular flexibility index (Phi) is 6.51. The van der Waals surface area contributed by atoms with Gasteiger partial charge in [0.2, 0.25) is 5.91 Å². The van der Waals surface area contributed by atoms with Gasteiger partial charge < -0.3 is 10.6 Å². The molecule has 3 aromatic rings. The lowest BCUT2D eigenvalue weighted by molar-refractivity contribution is -0.135. The molecule has 2 atom stereocenters. The first-order valence-corrected chi connectivity index (χ1v) is 12.2. The second kappa shape index (κ2) is 9.26. The molecule has 2 heterocycles. The maximum Gasteiger partial charge on any atom is 0.325 e. The number of rotatable bonds is 6. The average molecular weight is 494 g/mol. The van der Waals surface area contributed by atoms with E-state index in [-0.39, 0.29) is 11.2 Å². The van der Waals surface area contributed by atoms with Gasteiger partial charge in [0.25, 0.3) is 5.91 Å². The van der Waals surface area contributed by atoms with Crippen molar-refractivity contribution in [3.63, 3.8) is 0 Å². The van der Waals surface area contributed by atoms with Gasteiger partial charge in [-0.05, 0) is 52.6 Å². The van der Waals surface area contributed by atoms with E-state index in [9.17, 15) is 18.8 Å². The minimum Gasteiger partial charge on any atom is -0.343 e. The monoisotopic (exact) mass is 493 g/mol. The number of imide groups is 1. The highest BCUT2D eigenvalue weighted by Crippen LogP contribution is 2.31. The Morgan fingerprint density at radius 1 is 1.09 bits per heavy atom. The van der Waals surface area contributed by atoms with E-state index >= 15 is 0 Å². The Morgan fingerprint density at radius 2 is 1.74 bits per heavy atom. The van der Waals surface area contributed by atoms with Crippen molar-refractivity contribution in [3.05, 3.63) is 93.4 Å². The number of thiophene rings is 1. The quantitative estimate of drug-likeness (QED) is 0.482. The smallest absolute Gasteiger partial charge is 0.325 e. The Hall–Kier alpha value is -3.52. The van der Waals surface area contributed by atoms with Gasteiger partial charge in [0, 0.05) is 4.88 Å². The number of carbonyl (C=O) groups is 3. The lowest BCUT2D eigenvalue weighted by Crippen LogP contribution is -2.44. The summed E-state index contributed by atoms with van der Waals surface area (Å²) in [4.78, 5) is 40.8. The second-order valence-corrected chi connectivity index (χ2v) is 10.8. The normalized spacial score (nSPS) is 18.9. The highest BCUT2D eigenvalue weighted by molar-refractivity contribution is 7.10. The number of amides is 4. The molecule has 8 heteroatoms. The van der Waals surface area contributed by atoms with Gasteiger partial charge in [-0.25, -0.2) is 9.18 Å². The molecule has 0 radical (unpaired) electrons. The van der Waals surface area contributed by atoms with Crippen molar-refractivity contribution in [3.8, 4) is 0 Å². The summed E-state index contributed by atoms with van der Waals surface area (Å²) < 4.78 is 13.4. The Bertz CT molecular complexity index is 1230. The average Bonchev–Trinajstić information content (AvgIpc) is 3.41. The topological polar surface area (TPSA) is 78.5 Å². The summed E-state index contributed by atoms with van der Waals surface area (Å²) in [7, 11) is 0. The van der Waals surface area contributed by atoms with E-state index in [0.717, 1.165) is 15.3 Å². The molecular weight excluding hydrogens is 465 g/mol. The minimum absolute atomic E-state index is 0.0455. The first-order chi connectivity index (χ1) is 16.5. The van der Waals surface area contributed by atoms with Crippen LogP contribution in [-0.2, 0) is 20.5 Å². The highest BCUT2D eigenvalue weighted by Gasteiger charge is 2.49. The van der Waals surface area contributed by atoms with Crippen LogP contribution >= 0.6 is 11.3 Å². The molecule has 4 amide bonds. The van der Waals surface area contributed by atoms with Gasteiger partial charge in [-0.15, -0.1) is 11.3 Å². The first-order valence-electron chi connectivity index (χ1n) is 11.3. The van der Waals surface area contributed by atoms with Gasteiger partial charge in [-0.1, -0.05) is 63.2 Å². The third-order valence-electron chi connectivity index (χ3n) is 6.24. The Morgan fingerprint density at radius 3 is 2.31 bits per heavy atom. The number of hydrogen-bond donors (Lipinski definition) is 2. The van der Waals surface area contributed by atoms with Gasteiger partial charge >= 0.3 is 6.03 Å². The third kappa shape index (κ3) is 4.98. The third-order valence-corrected chi connectivity index (χ3v) is 7.18. The maximum absolute atomic E-state index is 13.4. The molecule has 0 spiro atoms. The largest absolute Gasteiger partial charge is 0.343 e. The van der Waals surface area contributed by atoms with Crippen molar-refractivity contribution in [1.29, 1.82) is 0 Å². The number of hydrogen-bond acceptors (Lipinski definition) is 4. The fourth-order valence-corrected chi connectivity index (χ4v) is 4.92. The van der Waals surface area contributed by atoms with Crippen molar-refractivity contribution in [2.75, 3.05) is 6.54 Å². The molecule has 6 nitrogen and oxygen atoms in total. The van der Waals surface area contributed by atoms with Crippen molar-refractivity contribution in [2.45, 2.75) is 44.7 Å². The predicted molar refractivity (Wildman–Crippen MR) is 133 cm³/mol. The van der Waals surface area contributed by atoms with Gasteiger partial charge in [0.15, 0.2) is 0 Å². The fourth-order valence-electron chi connectivity index (χ4n) is 4.12. The second-order valence-electron chi connectivity index (χ2n) is 9.84. The first kappa shape index (κ1) is 24.6. The standard InChI is InChI=1S/C27H28FN3O3S/c1-26(2,3)18-9-11-19(12-10-18)27(4)24(33)31(25(34)30-27)16-22(32)29-23(21-6-5-15-35-21)17-7-13-20(28)14-8-17/h5-15,23H,16H2,1-4H3,(H,29,32)(H,30,34). The van der Waals surface area contributed by atoms with Crippen LogP contribution in [0.15, 0.2) is 66.0 Å². The lowest BCUT2D eigenvalue weighted by atomic mass is 9.84. The molecule has 0 bridgehead atoms. The van der Waals surface area contributed by atoms with Crippen molar-refractivity contribution in [2.24, 2.45) is 0 Å². The zero-order chi connectivity index (χ0) is 25.4. The molecule has 2 unspecified atom stereocenters. The predicted octanol–water partition coefficient (Wildman–Crippen LogP) is 4.86. The number of halogens is 1. The SMILES string of the molecule is CC(C)(C)c1ccc(C2(C)NC(=O)N(CC(=O)NC(c3ccc(F)cc3)c3cccs3)C2=O)cc1. The molecular formula is C27H28FN3O3S. The van der Waals surface area contributed by atoms with Crippen LogP contribution in [-0.4, -0.2) is 29.3 Å². The molecule has 35 heavy (non-hydrogen) atoms. The number of benzene rings is 2. The molecule has 1 saturated heterocycles. The van der Waals surface area contributed by atoms with E-state index in [1.807, 2.05) is 41.8 Å². The van der Waals surface area contributed by atoms with Crippen molar-refractivity contribution in [1.82, 2.24) is 15.5 Å². The van der Waals surface area contributed by atoms with Crippen LogP contribution in [0.1, 0.15) is 55.3 Å². The van der Waals surface area contributed by atoms with E-state index in [1.54, 1.807) is 19.1 Å². The number of urea groups is 1. The maximum atomic E-state index is 13.4. The minimum atomic E-state index is -1.27. The van der Waals surface area contributed by atoms with Gasteiger partial charge in [0.1, 0.15) is 17.9 Å². The van der Waals surface area contributed by atoms with Crippen LogP contribution in [0, 0.1) is 5.82 Å². The molecule has 2 aromatic carbocycles. The summed E-state index contributed by atoms with van der Waals surface area (Å²) in [6.07, 6.45) is 0. The Balaban J connectivity index is 1.51. The lowest BCUT2D eigenvalue weighted by Gasteiger charge is -2.25. The number of nitrogens with one attached hydrogen (secondary N) is 2. The summed E-state index contributed by atoms with van der Waals surface area (Å²) in [6, 6.07) is 16.0. The molecule has 1 fully saturated rings. The molecule has 1 aliphatic rings. The van der Waals surface area contributed by atoms with E-state index < -0.39 is 36.0 Å². The number of carbonyl (C=O) groups excluding carboxylic acids is 3. The molecule has 0 aliphatic carbocycles. The highest BCUT2D eigenvalue weighted by atomic mass is 32.1. The Labute approximate surface area is 208 Å². The van der Waals surface area contributed by atoms with E-state index in [1.165, 1.54) is 23.5 Å². The van der Waals surface area contributed by atoms with Crippen LogP contribution in [0.3, 0.4) is 0 Å². The number of nitrogens with zero attached hydrogens (tertiary/aromatic N) is 1. The van der Waals surface area contributed by atoms with E-state index in [0.29, 0.717) is 11.1 Å². The molecule has 1 aromatic heterocycles. The molecule has 4 rings (SSSR count). The van der Waals surface area contributed by atoms with Crippen LogP contribution in [0.2, 0.25) is 0 Å². The zero-order valence-corrected chi connectivity index (χ0v) is 20.9. The van der Waals surface area contributed by atoms with E-state index in [4.69, 9.17) is 0 Å². The van der Waals surface area contributed by atoms with Gasteiger partial charge in [0.05, 0.1) is 6.04 Å². The van der Waals surface area contributed by atoms with Crippen LogP contribution in [0.25, 0.3) is 0 Å². The summed E-state index contributed by atoms with van der Waals surface area (Å²) in [6.45, 7) is 7.51. The summed E-state index contributed by atoms with van der Waals surface area (Å²) in [5.74, 6) is -1.36. The summed E-state index contributed by atoms with van der Waals surface area (Å²) >= 11 is 1.45. The molecule has 1 aliphatic heterocycles. The van der Waals surface area contributed by atoms with Crippen molar-refractivity contribution >= 4 is 29.2 Å². The fraction of sp³-hybridized carbons (Fsp3) is 0.296. The van der Waals surface area contributed by atoms with Crippen LogP contribution < -0.4 is 10.6 Å². The van der Waals surface area contributed by atoms with Gasteiger partial charge in [-0.2, -0.15) is 0 Å². The van der Waals surface area contributed by atoms with Crippen LogP contribution in [0.4, 0.5) is 9.18 Å². The summed E-state index contributed by atoms with van der Waals surface area (Å²) in [5.41, 5.74) is 1.14. The molecule has 182 valence electrons. The zero-order valence-electron chi connectivity index (χ0n) is 20.1. The van der Waals surface area contributed by atoms with Crippen LogP contribution in [0.5, 0.6) is 0 Å². The van der Waals surface area contributed by atoms with Gasteiger partial charge in [-0.3, -0.25) is 14.5 Å². The molecule has 0 saturated carbocycles.